The number of benzene rings is 1. The Hall–Kier alpha value is -1.13. The van der Waals surface area contributed by atoms with E-state index in [1.54, 1.807) is 13.2 Å². The Bertz CT molecular complexity index is 371. The van der Waals surface area contributed by atoms with E-state index in [9.17, 15) is 4.39 Å². The van der Waals surface area contributed by atoms with Crippen LogP contribution < -0.4 is 10.6 Å². The van der Waals surface area contributed by atoms with Crippen LogP contribution in [0.3, 0.4) is 0 Å². The lowest BCUT2D eigenvalue weighted by Crippen LogP contribution is -2.36. The van der Waals surface area contributed by atoms with Crippen molar-refractivity contribution in [2.45, 2.75) is 32.9 Å². The van der Waals surface area contributed by atoms with Crippen LogP contribution in [0, 0.1) is 5.82 Å². The van der Waals surface area contributed by atoms with Crippen LogP contribution in [0.25, 0.3) is 0 Å². The Morgan fingerprint density at radius 3 is 2.67 bits per heavy atom. The molecule has 0 heterocycles. The number of nitrogens with zero attached hydrogens (tertiary/aromatic N) is 1. The van der Waals surface area contributed by atoms with Crippen molar-refractivity contribution in [2.24, 2.45) is 5.73 Å². The molecule has 2 N–H and O–H groups in total. The van der Waals surface area contributed by atoms with E-state index >= 15 is 0 Å². The van der Waals surface area contributed by atoms with Crippen LogP contribution in [0.1, 0.15) is 25.8 Å². The molecule has 18 heavy (non-hydrogen) atoms. The third-order valence-electron chi connectivity index (χ3n) is 3.22. The molecule has 0 bridgehead atoms. The van der Waals surface area contributed by atoms with Gasteiger partial charge < -0.3 is 15.4 Å². The molecule has 1 atom stereocenters. The van der Waals surface area contributed by atoms with Gasteiger partial charge in [0.05, 0.1) is 12.3 Å². The van der Waals surface area contributed by atoms with E-state index in [1.165, 1.54) is 6.07 Å². The molecule has 1 aromatic carbocycles. The molecule has 0 fully saturated rings. The molecule has 1 aromatic rings. The number of rotatable bonds is 7. The minimum absolute atomic E-state index is 0.214. The maximum absolute atomic E-state index is 14.1. The second-order valence-corrected chi connectivity index (χ2v) is 4.43. The minimum atomic E-state index is -0.214. The third-order valence-corrected chi connectivity index (χ3v) is 3.22. The topological polar surface area (TPSA) is 38.5 Å². The summed E-state index contributed by atoms with van der Waals surface area (Å²) in [6, 6.07) is 5.47. The van der Waals surface area contributed by atoms with Gasteiger partial charge in [0, 0.05) is 26.2 Å². The predicted molar refractivity (Wildman–Crippen MR) is 73.3 cm³/mol. The molecular weight excluding hydrogens is 231 g/mol. The van der Waals surface area contributed by atoms with Gasteiger partial charge >= 0.3 is 0 Å². The zero-order valence-electron chi connectivity index (χ0n) is 11.4. The van der Waals surface area contributed by atoms with Gasteiger partial charge in [0.15, 0.2) is 0 Å². The van der Waals surface area contributed by atoms with Crippen molar-refractivity contribution in [3.05, 3.63) is 29.6 Å². The first kappa shape index (κ1) is 14.9. The van der Waals surface area contributed by atoms with Crippen molar-refractivity contribution in [3.8, 4) is 0 Å². The molecule has 0 spiro atoms. The van der Waals surface area contributed by atoms with Gasteiger partial charge in [-0.05, 0) is 31.0 Å². The van der Waals surface area contributed by atoms with Crippen LogP contribution in [0.5, 0.6) is 0 Å². The van der Waals surface area contributed by atoms with Crippen LogP contribution in [-0.4, -0.2) is 26.3 Å². The van der Waals surface area contributed by atoms with Gasteiger partial charge in [0.2, 0.25) is 0 Å². The van der Waals surface area contributed by atoms with Gasteiger partial charge in [0.25, 0.3) is 0 Å². The van der Waals surface area contributed by atoms with Gasteiger partial charge in [-0.25, -0.2) is 4.39 Å². The summed E-state index contributed by atoms with van der Waals surface area (Å²) < 4.78 is 19.2. The van der Waals surface area contributed by atoms with Crippen LogP contribution >= 0.6 is 0 Å². The fourth-order valence-electron chi connectivity index (χ4n) is 1.90. The normalized spacial score (nSPS) is 12.5. The van der Waals surface area contributed by atoms with Crippen LogP contribution in [0.15, 0.2) is 18.2 Å². The van der Waals surface area contributed by atoms with E-state index in [-0.39, 0.29) is 11.9 Å². The van der Waals surface area contributed by atoms with Crippen LogP contribution in [0.4, 0.5) is 10.1 Å². The highest BCUT2D eigenvalue weighted by molar-refractivity contribution is 5.50. The van der Waals surface area contributed by atoms with Crippen LogP contribution in [0.2, 0.25) is 0 Å². The van der Waals surface area contributed by atoms with Crippen LogP contribution in [-0.2, 0) is 11.3 Å². The Morgan fingerprint density at radius 1 is 1.44 bits per heavy atom. The molecule has 4 heteroatoms. The zero-order valence-corrected chi connectivity index (χ0v) is 11.4. The van der Waals surface area contributed by atoms with E-state index in [4.69, 9.17) is 10.5 Å². The van der Waals surface area contributed by atoms with Crippen molar-refractivity contribution in [1.29, 1.82) is 0 Å². The van der Waals surface area contributed by atoms with Gasteiger partial charge in [-0.2, -0.15) is 0 Å². The summed E-state index contributed by atoms with van der Waals surface area (Å²) in [5, 5.41) is 0. The highest BCUT2D eigenvalue weighted by atomic mass is 19.1. The molecule has 0 radical (unpaired) electrons. The maximum Gasteiger partial charge on any atom is 0.146 e. The number of hydrogen-bond donors (Lipinski definition) is 1. The van der Waals surface area contributed by atoms with Gasteiger partial charge in [0.1, 0.15) is 5.82 Å². The average molecular weight is 254 g/mol. The van der Waals surface area contributed by atoms with E-state index in [1.807, 2.05) is 11.0 Å². The first-order valence-electron chi connectivity index (χ1n) is 6.38. The molecular formula is C14H23FN2O. The van der Waals surface area contributed by atoms with Crippen molar-refractivity contribution < 1.29 is 9.13 Å². The molecule has 0 aromatic heterocycles. The van der Waals surface area contributed by atoms with E-state index in [0.29, 0.717) is 25.4 Å². The lowest BCUT2D eigenvalue weighted by atomic mass is 10.1. The summed E-state index contributed by atoms with van der Waals surface area (Å²) in [5.41, 5.74) is 6.95. The van der Waals surface area contributed by atoms with Crippen molar-refractivity contribution >= 4 is 5.69 Å². The van der Waals surface area contributed by atoms with Gasteiger partial charge in [-0.1, -0.05) is 13.0 Å². The largest absolute Gasteiger partial charge is 0.383 e. The van der Waals surface area contributed by atoms with E-state index < -0.39 is 0 Å². The maximum atomic E-state index is 14.1. The summed E-state index contributed by atoms with van der Waals surface area (Å²) in [6.45, 7) is 5.81. The first-order chi connectivity index (χ1) is 8.63. The van der Waals surface area contributed by atoms with E-state index in [0.717, 1.165) is 12.0 Å². The molecule has 0 aliphatic carbocycles. The summed E-state index contributed by atoms with van der Waals surface area (Å²) in [4.78, 5) is 2.04. The SMILES string of the molecule is CCC(C)N(CCOC)c1ccc(CN)cc1F. The summed E-state index contributed by atoms with van der Waals surface area (Å²) in [6.07, 6.45) is 0.960. The summed E-state index contributed by atoms with van der Waals surface area (Å²) in [5.74, 6) is -0.214. The fraction of sp³-hybridized carbons (Fsp3) is 0.571. The fourth-order valence-corrected chi connectivity index (χ4v) is 1.90. The number of ether oxygens (including phenoxy) is 1. The molecule has 0 aliphatic rings. The van der Waals surface area contributed by atoms with Crippen molar-refractivity contribution in [3.63, 3.8) is 0 Å². The minimum Gasteiger partial charge on any atom is -0.383 e. The second kappa shape index (κ2) is 7.34. The highest BCUT2D eigenvalue weighted by Crippen LogP contribution is 2.23. The summed E-state index contributed by atoms with van der Waals surface area (Å²) in [7, 11) is 1.66. The molecule has 0 aliphatic heterocycles. The quantitative estimate of drug-likeness (QED) is 0.812. The Balaban J connectivity index is 2.96. The number of methoxy groups -OCH3 is 1. The molecule has 1 rings (SSSR count). The summed E-state index contributed by atoms with van der Waals surface area (Å²) >= 11 is 0. The van der Waals surface area contributed by atoms with Gasteiger partial charge in [-0.15, -0.1) is 0 Å². The molecule has 1 unspecified atom stereocenters. The molecule has 102 valence electrons. The number of hydrogen-bond acceptors (Lipinski definition) is 3. The number of halogens is 1. The molecule has 0 saturated heterocycles. The predicted octanol–water partition coefficient (Wildman–Crippen LogP) is 2.54. The monoisotopic (exact) mass is 254 g/mol. The standard InChI is InChI=1S/C14H23FN2O/c1-4-11(2)17(7-8-18-3)14-6-5-12(10-16)9-13(14)15/h5-6,9,11H,4,7-8,10,16H2,1-3H3. The second-order valence-electron chi connectivity index (χ2n) is 4.43. The van der Waals surface area contributed by atoms with E-state index in [2.05, 4.69) is 13.8 Å². The Morgan fingerprint density at radius 2 is 2.17 bits per heavy atom. The number of anilines is 1. The van der Waals surface area contributed by atoms with Crippen molar-refractivity contribution in [1.82, 2.24) is 0 Å². The van der Waals surface area contributed by atoms with Crippen molar-refractivity contribution in [2.75, 3.05) is 25.2 Å². The Kier molecular flexibility index (Phi) is 6.09. The average Bonchev–Trinajstić information content (AvgIpc) is 2.39. The third kappa shape index (κ3) is 3.68. The molecule has 0 saturated carbocycles. The lowest BCUT2D eigenvalue weighted by Gasteiger charge is -2.31. The first-order valence-corrected chi connectivity index (χ1v) is 6.38. The zero-order chi connectivity index (χ0) is 13.5. The Labute approximate surface area is 109 Å². The molecule has 0 amide bonds. The smallest absolute Gasteiger partial charge is 0.146 e. The van der Waals surface area contributed by atoms with Gasteiger partial charge in [-0.3, -0.25) is 0 Å². The lowest BCUT2D eigenvalue weighted by molar-refractivity contribution is 0.203. The highest BCUT2D eigenvalue weighted by Gasteiger charge is 2.16. The molecule has 3 nitrogen and oxygen atoms in total. The number of nitrogens with two attached hydrogens (primary N) is 1.